The number of thioether (sulfide) groups is 1. The van der Waals surface area contributed by atoms with Gasteiger partial charge in [0, 0.05) is 0 Å². The fourth-order valence-corrected chi connectivity index (χ4v) is 3.70. The van der Waals surface area contributed by atoms with E-state index in [0.717, 1.165) is 11.3 Å². The summed E-state index contributed by atoms with van der Waals surface area (Å²) in [7, 11) is -3.77. The predicted octanol–water partition coefficient (Wildman–Crippen LogP) is 1.96. The molecule has 0 fully saturated rings. The highest BCUT2D eigenvalue weighted by Gasteiger charge is 2.22. The second kappa shape index (κ2) is 5.39. The van der Waals surface area contributed by atoms with Gasteiger partial charge in [0.15, 0.2) is 0 Å². The van der Waals surface area contributed by atoms with Crippen LogP contribution >= 0.6 is 34.7 Å². The first kappa shape index (κ1) is 13.8. The van der Waals surface area contributed by atoms with Crippen molar-refractivity contribution in [3.8, 4) is 0 Å². The predicted molar refractivity (Wildman–Crippen MR) is 67.6 cm³/mol. The molecule has 0 saturated carbocycles. The number of carbonyl (C=O) groups excluding carboxylic acids is 1. The van der Waals surface area contributed by atoms with Gasteiger partial charge in [0.2, 0.25) is 5.91 Å². The van der Waals surface area contributed by atoms with E-state index in [9.17, 15) is 13.2 Å². The van der Waals surface area contributed by atoms with Crippen LogP contribution < -0.4 is 4.72 Å². The van der Waals surface area contributed by atoms with Crippen LogP contribution in [0.1, 0.15) is 6.92 Å². The fourth-order valence-electron chi connectivity index (χ4n) is 0.815. The minimum absolute atomic E-state index is 0.0409. The summed E-state index contributed by atoms with van der Waals surface area (Å²) < 4.78 is 25.8. The van der Waals surface area contributed by atoms with E-state index in [4.69, 9.17) is 11.6 Å². The van der Waals surface area contributed by atoms with Crippen molar-refractivity contribution in [1.82, 2.24) is 4.72 Å². The van der Waals surface area contributed by atoms with Crippen LogP contribution in [0.15, 0.2) is 16.3 Å². The molecule has 1 N–H and O–H groups in total. The first-order valence-corrected chi connectivity index (χ1v) is 8.18. The Morgan fingerprint density at radius 2 is 2.19 bits per heavy atom. The Bertz CT molecular complexity index is 482. The third-order valence-corrected chi connectivity index (χ3v) is 5.76. The largest absolute Gasteiger partial charge is 0.273 e. The zero-order chi connectivity index (χ0) is 12.3. The topological polar surface area (TPSA) is 63.2 Å². The maximum absolute atomic E-state index is 11.7. The van der Waals surface area contributed by atoms with Gasteiger partial charge in [-0.05, 0) is 25.3 Å². The number of sulfonamides is 1. The van der Waals surface area contributed by atoms with Crippen LogP contribution in [0.25, 0.3) is 0 Å². The minimum atomic E-state index is -3.77. The lowest BCUT2D eigenvalue weighted by Gasteiger charge is -2.08. The molecule has 0 bridgehead atoms. The van der Waals surface area contributed by atoms with Crippen LogP contribution in [0.2, 0.25) is 4.34 Å². The van der Waals surface area contributed by atoms with Crippen molar-refractivity contribution in [3.63, 3.8) is 0 Å². The summed E-state index contributed by atoms with van der Waals surface area (Å²) in [6.07, 6.45) is 1.73. The van der Waals surface area contributed by atoms with Gasteiger partial charge in [0.05, 0.1) is 9.59 Å². The molecule has 0 aromatic carbocycles. The molecule has 90 valence electrons. The highest BCUT2D eigenvalue weighted by Crippen LogP contribution is 2.25. The van der Waals surface area contributed by atoms with Crippen molar-refractivity contribution >= 4 is 50.6 Å². The lowest BCUT2D eigenvalue weighted by molar-refractivity contribution is -0.118. The number of amides is 1. The molecule has 8 heteroatoms. The van der Waals surface area contributed by atoms with Crippen molar-refractivity contribution in [3.05, 3.63) is 16.5 Å². The van der Waals surface area contributed by atoms with Gasteiger partial charge >= 0.3 is 0 Å². The average molecular weight is 300 g/mol. The Morgan fingerprint density at radius 3 is 2.62 bits per heavy atom. The Labute approximate surface area is 107 Å². The normalized spacial score (nSPS) is 13.4. The molecule has 0 saturated heterocycles. The number of hydrogen-bond donors (Lipinski definition) is 1. The molecule has 1 amide bonds. The number of nitrogens with one attached hydrogen (secondary N) is 1. The van der Waals surface area contributed by atoms with Gasteiger partial charge in [0.1, 0.15) is 4.21 Å². The van der Waals surface area contributed by atoms with Gasteiger partial charge in [-0.1, -0.05) is 11.6 Å². The molecule has 0 aliphatic carbocycles. The second-order valence-corrected chi connectivity index (χ2v) is 7.71. The average Bonchev–Trinajstić information content (AvgIpc) is 2.63. The summed E-state index contributed by atoms with van der Waals surface area (Å²) in [5.74, 6) is -0.531. The van der Waals surface area contributed by atoms with Crippen molar-refractivity contribution in [2.45, 2.75) is 16.4 Å². The number of rotatable bonds is 4. The smallest absolute Gasteiger partial charge is 0.273 e. The van der Waals surface area contributed by atoms with Crippen molar-refractivity contribution in [2.75, 3.05) is 6.26 Å². The molecule has 1 aromatic rings. The number of hydrogen-bond acceptors (Lipinski definition) is 5. The summed E-state index contributed by atoms with van der Waals surface area (Å²) in [6.45, 7) is 1.64. The molecule has 0 spiro atoms. The lowest BCUT2D eigenvalue weighted by atomic mass is 10.5. The number of thiophene rings is 1. The van der Waals surface area contributed by atoms with Crippen LogP contribution in [-0.4, -0.2) is 25.8 Å². The van der Waals surface area contributed by atoms with E-state index in [1.807, 2.05) is 4.72 Å². The molecule has 1 heterocycles. The van der Waals surface area contributed by atoms with Gasteiger partial charge in [-0.25, -0.2) is 13.1 Å². The van der Waals surface area contributed by atoms with Gasteiger partial charge in [-0.2, -0.15) is 11.8 Å². The third-order valence-electron chi connectivity index (χ3n) is 1.77. The molecule has 4 nitrogen and oxygen atoms in total. The van der Waals surface area contributed by atoms with E-state index in [2.05, 4.69) is 0 Å². The Kier molecular flexibility index (Phi) is 4.66. The molecule has 1 aromatic heterocycles. The number of halogens is 1. The van der Waals surface area contributed by atoms with Crippen LogP contribution in [-0.2, 0) is 14.8 Å². The standard InChI is InChI=1S/C8H10ClNO3S3/c1-5(14-2)8(11)10-16(12,13)7-4-3-6(9)15-7/h3-5H,1-2H3,(H,10,11). The summed E-state index contributed by atoms with van der Waals surface area (Å²) >= 11 is 7.82. The first-order chi connectivity index (χ1) is 7.36. The molecule has 1 rings (SSSR count). The van der Waals surface area contributed by atoms with Crippen molar-refractivity contribution < 1.29 is 13.2 Å². The van der Waals surface area contributed by atoms with Gasteiger partial charge < -0.3 is 0 Å². The van der Waals surface area contributed by atoms with Crippen molar-refractivity contribution in [1.29, 1.82) is 0 Å². The molecule has 1 unspecified atom stereocenters. The van der Waals surface area contributed by atoms with E-state index in [0.29, 0.717) is 4.34 Å². The van der Waals surface area contributed by atoms with Crippen LogP contribution in [0.4, 0.5) is 0 Å². The van der Waals surface area contributed by atoms with Crippen LogP contribution in [0, 0.1) is 0 Å². The highest BCUT2D eigenvalue weighted by atomic mass is 35.5. The Morgan fingerprint density at radius 1 is 1.56 bits per heavy atom. The molecular weight excluding hydrogens is 290 g/mol. The molecule has 16 heavy (non-hydrogen) atoms. The van der Waals surface area contributed by atoms with E-state index in [1.165, 1.54) is 23.9 Å². The molecule has 0 aliphatic rings. The quantitative estimate of drug-likeness (QED) is 0.923. The van der Waals surface area contributed by atoms with Crippen molar-refractivity contribution in [2.24, 2.45) is 0 Å². The summed E-state index contributed by atoms with van der Waals surface area (Å²) in [6, 6.07) is 2.84. The first-order valence-electron chi connectivity index (χ1n) is 4.21. The van der Waals surface area contributed by atoms with Gasteiger partial charge in [-0.3, -0.25) is 4.79 Å². The highest BCUT2D eigenvalue weighted by molar-refractivity contribution is 8.00. The maximum atomic E-state index is 11.7. The molecule has 0 aliphatic heterocycles. The van der Waals surface area contributed by atoms with Gasteiger partial charge in [-0.15, -0.1) is 11.3 Å². The second-order valence-electron chi connectivity index (χ2n) is 2.91. The lowest BCUT2D eigenvalue weighted by Crippen LogP contribution is -2.35. The molecular formula is C8H10ClNO3S3. The maximum Gasteiger partial charge on any atom is 0.273 e. The Balaban J connectivity index is 2.85. The van der Waals surface area contributed by atoms with Crippen LogP contribution in [0.5, 0.6) is 0 Å². The zero-order valence-corrected chi connectivity index (χ0v) is 11.8. The third kappa shape index (κ3) is 3.38. The molecule has 0 radical (unpaired) electrons. The SMILES string of the molecule is CSC(C)C(=O)NS(=O)(=O)c1ccc(Cl)s1. The van der Waals surface area contributed by atoms with E-state index in [-0.39, 0.29) is 4.21 Å². The monoisotopic (exact) mass is 299 g/mol. The number of carbonyl (C=O) groups is 1. The van der Waals surface area contributed by atoms with Gasteiger partial charge in [0.25, 0.3) is 10.0 Å². The fraction of sp³-hybridized carbons (Fsp3) is 0.375. The zero-order valence-electron chi connectivity index (χ0n) is 8.56. The van der Waals surface area contributed by atoms with Crippen LogP contribution in [0.3, 0.4) is 0 Å². The summed E-state index contributed by atoms with van der Waals surface area (Å²) in [5, 5.41) is -0.412. The summed E-state index contributed by atoms with van der Waals surface area (Å²) in [5.41, 5.74) is 0. The Hall–Kier alpha value is -0.240. The van der Waals surface area contributed by atoms with E-state index in [1.54, 1.807) is 13.2 Å². The van der Waals surface area contributed by atoms with E-state index < -0.39 is 21.2 Å². The minimum Gasteiger partial charge on any atom is -0.273 e. The molecule has 1 atom stereocenters. The van der Waals surface area contributed by atoms with E-state index >= 15 is 0 Å². The summed E-state index contributed by atoms with van der Waals surface area (Å²) in [4.78, 5) is 11.4.